The van der Waals surface area contributed by atoms with Crippen LogP contribution in [0.2, 0.25) is 0 Å². The zero-order valence-electron chi connectivity index (χ0n) is 10.6. The Bertz CT molecular complexity index is 523. The van der Waals surface area contributed by atoms with Crippen molar-refractivity contribution in [3.05, 3.63) is 41.2 Å². The molecule has 2 rings (SSSR count). The van der Waals surface area contributed by atoms with E-state index in [-0.39, 0.29) is 0 Å². The predicted octanol–water partition coefficient (Wildman–Crippen LogP) is 1.82. The van der Waals surface area contributed by atoms with Crippen molar-refractivity contribution in [3.8, 4) is 11.5 Å². The highest BCUT2D eigenvalue weighted by atomic mass is 16.5. The van der Waals surface area contributed by atoms with Gasteiger partial charge in [0.1, 0.15) is 6.10 Å². The SMILES string of the molecule is COc1cc(C)c(C(O)c2ccn[nH]2)cc1OC. The molecule has 0 fully saturated rings. The summed E-state index contributed by atoms with van der Waals surface area (Å²) in [6.07, 6.45) is 0.849. The molecule has 1 atom stereocenters. The highest BCUT2D eigenvalue weighted by Gasteiger charge is 2.17. The first kappa shape index (κ1) is 12.4. The smallest absolute Gasteiger partial charge is 0.161 e. The fourth-order valence-electron chi connectivity index (χ4n) is 1.88. The van der Waals surface area contributed by atoms with Crippen molar-refractivity contribution in [2.24, 2.45) is 0 Å². The van der Waals surface area contributed by atoms with Crippen LogP contribution in [-0.2, 0) is 0 Å². The van der Waals surface area contributed by atoms with Gasteiger partial charge in [-0.2, -0.15) is 5.10 Å². The van der Waals surface area contributed by atoms with Crippen molar-refractivity contribution in [3.63, 3.8) is 0 Å². The summed E-state index contributed by atoms with van der Waals surface area (Å²) in [4.78, 5) is 0. The van der Waals surface area contributed by atoms with E-state index in [4.69, 9.17) is 9.47 Å². The molecule has 0 saturated heterocycles. The van der Waals surface area contributed by atoms with Gasteiger partial charge in [-0.05, 0) is 36.2 Å². The first-order valence-corrected chi connectivity index (χ1v) is 5.57. The van der Waals surface area contributed by atoms with E-state index in [1.807, 2.05) is 13.0 Å². The number of rotatable bonds is 4. The number of aromatic nitrogens is 2. The Morgan fingerprint density at radius 2 is 1.89 bits per heavy atom. The molecule has 5 nitrogen and oxygen atoms in total. The average molecular weight is 248 g/mol. The van der Waals surface area contributed by atoms with Gasteiger partial charge in [0.15, 0.2) is 11.5 Å². The molecule has 0 aliphatic heterocycles. The molecule has 0 aliphatic rings. The first-order valence-electron chi connectivity index (χ1n) is 5.57. The largest absolute Gasteiger partial charge is 0.493 e. The van der Waals surface area contributed by atoms with Gasteiger partial charge in [-0.3, -0.25) is 5.10 Å². The summed E-state index contributed by atoms with van der Waals surface area (Å²) >= 11 is 0. The van der Waals surface area contributed by atoms with Gasteiger partial charge in [-0.15, -0.1) is 0 Å². The number of nitrogens with zero attached hydrogens (tertiary/aromatic N) is 1. The Morgan fingerprint density at radius 3 is 2.44 bits per heavy atom. The molecule has 0 spiro atoms. The monoisotopic (exact) mass is 248 g/mol. The van der Waals surface area contributed by atoms with Crippen LogP contribution in [0.15, 0.2) is 24.4 Å². The van der Waals surface area contributed by atoms with E-state index in [9.17, 15) is 5.11 Å². The van der Waals surface area contributed by atoms with Crippen LogP contribution in [0.5, 0.6) is 11.5 Å². The number of H-pyrrole nitrogens is 1. The van der Waals surface area contributed by atoms with E-state index in [1.54, 1.807) is 32.5 Å². The molecule has 0 amide bonds. The Morgan fingerprint density at radius 1 is 1.22 bits per heavy atom. The fourth-order valence-corrected chi connectivity index (χ4v) is 1.88. The molecule has 0 radical (unpaired) electrons. The quantitative estimate of drug-likeness (QED) is 0.866. The minimum absolute atomic E-state index is 0.594. The number of aromatic amines is 1. The Labute approximate surface area is 105 Å². The molecular weight excluding hydrogens is 232 g/mol. The van der Waals surface area contributed by atoms with Crippen LogP contribution in [0.4, 0.5) is 0 Å². The maximum atomic E-state index is 10.3. The van der Waals surface area contributed by atoms with E-state index < -0.39 is 6.10 Å². The lowest BCUT2D eigenvalue weighted by Gasteiger charge is -2.16. The van der Waals surface area contributed by atoms with Crippen molar-refractivity contribution in [1.29, 1.82) is 0 Å². The number of nitrogens with one attached hydrogen (secondary N) is 1. The molecule has 96 valence electrons. The van der Waals surface area contributed by atoms with E-state index in [0.717, 1.165) is 11.1 Å². The van der Waals surface area contributed by atoms with E-state index in [2.05, 4.69) is 10.2 Å². The van der Waals surface area contributed by atoms with Gasteiger partial charge < -0.3 is 14.6 Å². The maximum absolute atomic E-state index is 10.3. The van der Waals surface area contributed by atoms with Crippen LogP contribution in [0, 0.1) is 6.92 Å². The van der Waals surface area contributed by atoms with Crippen molar-refractivity contribution >= 4 is 0 Å². The third kappa shape index (κ3) is 2.17. The van der Waals surface area contributed by atoms with Crippen LogP contribution < -0.4 is 9.47 Å². The fraction of sp³-hybridized carbons (Fsp3) is 0.308. The Hall–Kier alpha value is -2.01. The van der Waals surface area contributed by atoms with Gasteiger partial charge >= 0.3 is 0 Å². The van der Waals surface area contributed by atoms with Crippen molar-refractivity contribution in [2.75, 3.05) is 14.2 Å². The van der Waals surface area contributed by atoms with Gasteiger partial charge in [0.2, 0.25) is 0 Å². The second kappa shape index (κ2) is 5.10. The minimum Gasteiger partial charge on any atom is -0.493 e. The number of benzene rings is 1. The third-order valence-electron chi connectivity index (χ3n) is 2.88. The molecule has 0 aliphatic carbocycles. The Kier molecular flexibility index (Phi) is 3.53. The summed E-state index contributed by atoms with van der Waals surface area (Å²) in [6, 6.07) is 5.36. The van der Waals surface area contributed by atoms with Crippen molar-refractivity contribution in [2.45, 2.75) is 13.0 Å². The van der Waals surface area contributed by atoms with Crippen LogP contribution in [-0.4, -0.2) is 29.5 Å². The summed E-state index contributed by atoms with van der Waals surface area (Å²) in [5.41, 5.74) is 2.33. The molecule has 0 saturated carbocycles. The second-order valence-corrected chi connectivity index (χ2v) is 3.98. The number of aryl methyl sites for hydroxylation is 1. The highest BCUT2D eigenvalue weighted by Crippen LogP contribution is 2.34. The zero-order valence-corrected chi connectivity index (χ0v) is 10.6. The second-order valence-electron chi connectivity index (χ2n) is 3.98. The number of aliphatic hydroxyl groups is 1. The van der Waals surface area contributed by atoms with Gasteiger partial charge in [0.05, 0.1) is 19.9 Å². The normalized spacial score (nSPS) is 12.2. The lowest BCUT2D eigenvalue weighted by Crippen LogP contribution is -2.04. The van der Waals surface area contributed by atoms with Crippen molar-refractivity contribution in [1.82, 2.24) is 10.2 Å². The standard InChI is InChI=1S/C13H16N2O3/c1-8-6-11(17-2)12(18-3)7-9(8)13(16)10-4-5-14-15-10/h4-7,13,16H,1-3H3,(H,14,15). The zero-order chi connectivity index (χ0) is 13.1. The number of hydrogen-bond acceptors (Lipinski definition) is 4. The van der Waals surface area contributed by atoms with Gasteiger partial charge in [-0.1, -0.05) is 0 Å². The Balaban J connectivity index is 2.45. The molecular formula is C13H16N2O3. The molecule has 0 bridgehead atoms. The lowest BCUT2D eigenvalue weighted by atomic mass is 10.0. The van der Waals surface area contributed by atoms with Gasteiger partial charge in [0.25, 0.3) is 0 Å². The molecule has 2 aromatic rings. The third-order valence-corrected chi connectivity index (χ3v) is 2.88. The summed E-state index contributed by atoms with van der Waals surface area (Å²) < 4.78 is 10.5. The average Bonchev–Trinajstić information content (AvgIpc) is 2.91. The number of ether oxygens (including phenoxy) is 2. The summed E-state index contributed by atoms with van der Waals surface area (Å²) in [5.74, 6) is 1.24. The number of hydrogen-bond donors (Lipinski definition) is 2. The van der Waals surface area contributed by atoms with E-state index in [1.165, 1.54) is 0 Å². The maximum Gasteiger partial charge on any atom is 0.161 e. The molecule has 2 N–H and O–H groups in total. The van der Waals surface area contributed by atoms with E-state index >= 15 is 0 Å². The van der Waals surface area contributed by atoms with Gasteiger partial charge in [0, 0.05) is 6.20 Å². The van der Waals surface area contributed by atoms with Gasteiger partial charge in [-0.25, -0.2) is 0 Å². The molecule has 1 heterocycles. The first-order chi connectivity index (χ1) is 8.67. The van der Waals surface area contributed by atoms with Crippen LogP contribution in [0.3, 0.4) is 0 Å². The van der Waals surface area contributed by atoms with Crippen LogP contribution in [0.25, 0.3) is 0 Å². The van der Waals surface area contributed by atoms with Crippen molar-refractivity contribution < 1.29 is 14.6 Å². The molecule has 18 heavy (non-hydrogen) atoms. The number of methoxy groups -OCH3 is 2. The highest BCUT2D eigenvalue weighted by molar-refractivity contribution is 5.48. The topological polar surface area (TPSA) is 67.4 Å². The lowest BCUT2D eigenvalue weighted by molar-refractivity contribution is 0.213. The molecule has 5 heteroatoms. The summed E-state index contributed by atoms with van der Waals surface area (Å²) in [6.45, 7) is 1.91. The summed E-state index contributed by atoms with van der Waals surface area (Å²) in [5, 5.41) is 16.9. The minimum atomic E-state index is -0.757. The molecule has 1 unspecified atom stereocenters. The number of aliphatic hydroxyl groups excluding tert-OH is 1. The summed E-state index contributed by atoms with van der Waals surface area (Å²) in [7, 11) is 3.15. The molecule has 1 aromatic carbocycles. The van der Waals surface area contributed by atoms with Crippen LogP contribution in [0.1, 0.15) is 22.9 Å². The van der Waals surface area contributed by atoms with Crippen LogP contribution >= 0.6 is 0 Å². The predicted molar refractivity (Wildman–Crippen MR) is 66.9 cm³/mol. The molecule has 1 aromatic heterocycles. The van der Waals surface area contributed by atoms with E-state index in [0.29, 0.717) is 17.2 Å².